The second-order valence-corrected chi connectivity index (χ2v) is 2.80. The summed E-state index contributed by atoms with van der Waals surface area (Å²) >= 11 is 0. The Labute approximate surface area is 62.4 Å². The summed E-state index contributed by atoms with van der Waals surface area (Å²) in [5, 5.41) is 0. The van der Waals surface area contributed by atoms with Gasteiger partial charge in [-0.05, 0) is 26.4 Å². The Balaban J connectivity index is 2.31. The molecule has 0 spiro atoms. The lowest BCUT2D eigenvalue weighted by molar-refractivity contribution is 0.315. The molecule has 56 valence electrons. The first kappa shape index (κ1) is 7.43. The van der Waals surface area contributed by atoms with Gasteiger partial charge in [-0.3, -0.25) is 0 Å². The van der Waals surface area contributed by atoms with Crippen LogP contribution in [0, 0.1) is 12.0 Å². The first-order valence-corrected chi connectivity index (χ1v) is 3.73. The monoisotopic (exact) mass is 138 g/mol. The quantitative estimate of drug-likeness (QED) is 0.419. The van der Waals surface area contributed by atoms with Crippen LogP contribution in [0.3, 0.4) is 0 Å². The van der Waals surface area contributed by atoms with Crippen molar-refractivity contribution in [3.05, 3.63) is 0 Å². The highest BCUT2D eigenvalue weighted by Gasteiger charge is 2.18. The highest BCUT2D eigenvalue weighted by Crippen LogP contribution is 2.16. The number of nitrogens with zero attached hydrogens (tertiary/aromatic N) is 1. The molecule has 0 amide bonds. The Morgan fingerprint density at radius 1 is 1.70 bits per heavy atom. The van der Waals surface area contributed by atoms with Crippen LogP contribution in [0.25, 0.3) is 0 Å². The van der Waals surface area contributed by atoms with Gasteiger partial charge in [-0.15, -0.1) is 0 Å². The van der Waals surface area contributed by atoms with E-state index in [0.717, 1.165) is 6.42 Å². The SMILES string of the molecule is CN1CCCC1CC#CN. The van der Waals surface area contributed by atoms with Crippen molar-refractivity contribution >= 4 is 0 Å². The molecule has 1 fully saturated rings. The summed E-state index contributed by atoms with van der Waals surface area (Å²) in [4.78, 5) is 2.35. The zero-order valence-electron chi connectivity index (χ0n) is 6.43. The Morgan fingerprint density at radius 3 is 3.00 bits per heavy atom. The van der Waals surface area contributed by atoms with Crippen LogP contribution in [0.15, 0.2) is 0 Å². The van der Waals surface area contributed by atoms with Crippen molar-refractivity contribution in [2.75, 3.05) is 13.6 Å². The van der Waals surface area contributed by atoms with Crippen molar-refractivity contribution in [3.63, 3.8) is 0 Å². The second kappa shape index (κ2) is 3.48. The Hall–Kier alpha value is -0.680. The fraction of sp³-hybridized carbons (Fsp3) is 0.750. The molecule has 0 aliphatic carbocycles. The Kier molecular flexibility index (Phi) is 2.58. The predicted molar refractivity (Wildman–Crippen MR) is 42.2 cm³/mol. The largest absolute Gasteiger partial charge is 0.359 e. The molecule has 10 heavy (non-hydrogen) atoms. The third kappa shape index (κ3) is 1.65. The minimum absolute atomic E-state index is 0.663. The lowest BCUT2D eigenvalue weighted by Gasteiger charge is -2.15. The summed E-state index contributed by atoms with van der Waals surface area (Å²) in [7, 11) is 2.15. The topological polar surface area (TPSA) is 29.3 Å². The van der Waals surface area contributed by atoms with Crippen LogP contribution >= 0.6 is 0 Å². The number of rotatable bonds is 1. The van der Waals surface area contributed by atoms with Gasteiger partial charge < -0.3 is 10.6 Å². The van der Waals surface area contributed by atoms with E-state index in [1.54, 1.807) is 0 Å². The van der Waals surface area contributed by atoms with Gasteiger partial charge in [-0.2, -0.15) is 0 Å². The van der Waals surface area contributed by atoms with Gasteiger partial charge in [0.2, 0.25) is 0 Å². The van der Waals surface area contributed by atoms with Crippen molar-refractivity contribution in [2.45, 2.75) is 25.3 Å². The summed E-state index contributed by atoms with van der Waals surface area (Å²) in [6, 6.07) is 3.10. The van der Waals surface area contributed by atoms with E-state index in [-0.39, 0.29) is 0 Å². The third-order valence-corrected chi connectivity index (χ3v) is 2.11. The van der Waals surface area contributed by atoms with Crippen LogP contribution in [0.2, 0.25) is 0 Å². The van der Waals surface area contributed by atoms with Crippen LogP contribution in [0.4, 0.5) is 0 Å². The van der Waals surface area contributed by atoms with Gasteiger partial charge in [-0.25, -0.2) is 0 Å². The summed E-state index contributed by atoms with van der Waals surface area (Å²) in [5.74, 6) is 2.91. The first-order chi connectivity index (χ1) is 4.84. The van der Waals surface area contributed by atoms with E-state index in [4.69, 9.17) is 5.73 Å². The molecule has 0 radical (unpaired) electrons. The van der Waals surface area contributed by atoms with E-state index in [2.05, 4.69) is 23.9 Å². The lowest BCUT2D eigenvalue weighted by Crippen LogP contribution is -2.24. The molecule has 2 nitrogen and oxygen atoms in total. The summed E-state index contributed by atoms with van der Waals surface area (Å²) in [5.41, 5.74) is 5.07. The normalized spacial score (nSPS) is 25.9. The number of nitrogens with two attached hydrogens (primary N) is 1. The van der Waals surface area contributed by atoms with Crippen LogP contribution in [0.5, 0.6) is 0 Å². The predicted octanol–water partition coefficient (Wildman–Crippen LogP) is 0.390. The highest BCUT2D eigenvalue weighted by atomic mass is 15.1. The van der Waals surface area contributed by atoms with Gasteiger partial charge >= 0.3 is 0 Å². The van der Waals surface area contributed by atoms with Gasteiger partial charge in [-0.1, -0.05) is 5.92 Å². The van der Waals surface area contributed by atoms with Crippen LogP contribution in [-0.2, 0) is 0 Å². The van der Waals surface area contributed by atoms with Crippen LogP contribution in [-0.4, -0.2) is 24.5 Å². The van der Waals surface area contributed by atoms with Gasteiger partial charge in [0.05, 0.1) is 0 Å². The molecular weight excluding hydrogens is 124 g/mol. The van der Waals surface area contributed by atoms with E-state index < -0.39 is 0 Å². The van der Waals surface area contributed by atoms with E-state index in [9.17, 15) is 0 Å². The molecule has 1 heterocycles. The maximum atomic E-state index is 5.07. The minimum Gasteiger partial charge on any atom is -0.359 e. The molecule has 2 heteroatoms. The first-order valence-electron chi connectivity index (χ1n) is 3.73. The molecule has 0 aromatic rings. The van der Waals surface area contributed by atoms with Crippen LogP contribution in [0.1, 0.15) is 19.3 Å². The minimum atomic E-state index is 0.663. The Bertz CT molecular complexity index is 154. The van der Waals surface area contributed by atoms with Gasteiger partial charge in [0.15, 0.2) is 0 Å². The molecule has 0 aromatic heterocycles. The number of likely N-dealkylation sites (tertiary alicyclic amines) is 1. The van der Waals surface area contributed by atoms with Crippen LogP contribution < -0.4 is 5.73 Å². The summed E-state index contributed by atoms with van der Waals surface area (Å²) in [6.45, 7) is 1.22. The molecule has 1 atom stereocenters. The van der Waals surface area contributed by atoms with Gasteiger partial charge in [0, 0.05) is 18.5 Å². The number of hydrogen-bond donors (Lipinski definition) is 1. The molecule has 1 saturated heterocycles. The molecular formula is C8H14N2. The van der Waals surface area contributed by atoms with E-state index >= 15 is 0 Å². The van der Waals surface area contributed by atoms with Crippen molar-refractivity contribution < 1.29 is 0 Å². The standard InChI is InChI=1S/C8H14N2/c1-10-7-3-5-8(10)4-2-6-9/h8H,3-5,7,9H2,1H3. The fourth-order valence-electron chi connectivity index (χ4n) is 1.41. The average molecular weight is 138 g/mol. The number of hydrogen-bond acceptors (Lipinski definition) is 2. The lowest BCUT2D eigenvalue weighted by atomic mass is 10.1. The van der Waals surface area contributed by atoms with E-state index in [1.807, 2.05) is 0 Å². The zero-order chi connectivity index (χ0) is 7.40. The third-order valence-electron chi connectivity index (χ3n) is 2.11. The zero-order valence-corrected chi connectivity index (χ0v) is 6.43. The van der Waals surface area contributed by atoms with Crippen molar-refractivity contribution in [1.29, 1.82) is 0 Å². The average Bonchev–Trinajstić information content (AvgIpc) is 2.31. The Morgan fingerprint density at radius 2 is 2.50 bits per heavy atom. The molecule has 2 N–H and O–H groups in total. The van der Waals surface area contributed by atoms with Crippen molar-refractivity contribution in [3.8, 4) is 12.0 Å². The van der Waals surface area contributed by atoms with E-state index in [1.165, 1.54) is 19.4 Å². The maximum Gasteiger partial charge on any atom is 0.0263 e. The second-order valence-electron chi connectivity index (χ2n) is 2.80. The highest BCUT2D eigenvalue weighted by molar-refractivity contribution is 4.98. The molecule has 1 rings (SSSR count). The van der Waals surface area contributed by atoms with Crippen molar-refractivity contribution in [2.24, 2.45) is 5.73 Å². The van der Waals surface area contributed by atoms with Crippen molar-refractivity contribution in [1.82, 2.24) is 4.90 Å². The van der Waals surface area contributed by atoms with Gasteiger partial charge in [0.25, 0.3) is 0 Å². The fourth-order valence-corrected chi connectivity index (χ4v) is 1.41. The maximum absolute atomic E-state index is 5.07. The molecule has 1 aliphatic rings. The summed E-state index contributed by atoms with van der Waals surface area (Å²) < 4.78 is 0. The smallest absolute Gasteiger partial charge is 0.0263 e. The van der Waals surface area contributed by atoms with E-state index in [0.29, 0.717) is 6.04 Å². The molecule has 0 bridgehead atoms. The molecule has 0 aromatic carbocycles. The summed E-state index contributed by atoms with van der Waals surface area (Å²) in [6.07, 6.45) is 3.53. The molecule has 1 unspecified atom stereocenters. The molecule has 0 saturated carbocycles. The molecule has 1 aliphatic heterocycles. The van der Waals surface area contributed by atoms with Gasteiger partial charge in [0.1, 0.15) is 0 Å².